The van der Waals surface area contributed by atoms with Crippen molar-refractivity contribution < 1.29 is 22.7 Å². The lowest BCUT2D eigenvalue weighted by Gasteiger charge is -2.18. The normalized spacial score (nSPS) is 14.1. The summed E-state index contributed by atoms with van der Waals surface area (Å²) in [5, 5.41) is 2.73. The summed E-state index contributed by atoms with van der Waals surface area (Å²) in [4.78, 5) is 21.9. The van der Waals surface area contributed by atoms with Gasteiger partial charge in [-0.2, -0.15) is 4.98 Å². The predicted molar refractivity (Wildman–Crippen MR) is 144 cm³/mol. The molecule has 1 aliphatic heterocycles. The number of carbonyl (C=O) groups is 1. The van der Waals surface area contributed by atoms with Crippen molar-refractivity contribution in [1.29, 1.82) is 0 Å². The first-order valence-corrected chi connectivity index (χ1v) is 13.6. The lowest BCUT2D eigenvalue weighted by atomic mass is 10.0. The van der Waals surface area contributed by atoms with Gasteiger partial charge in [-0.15, -0.1) is 0 Å². The van der Waals surface area contributed by atoms with Crippen molar-refractivity contribution in [3.8, 4) is 28.6 Å². The van der Waals surface area contributed by atoms with Gasteiger partial charge in [0.1, 0.15) is 11.5 Å². The van der Waals surface area contributed by atoms with Crippen molar-refractivity contribution in [2.75, 3.05) is 10.0 Å². The second-order valence-corrected chi connectivity index (χ2v) is 10.6. The SMILES string of the molecule is CCc1c2nc(nc1-c1cccc(OC(C)C)c1)NS(=O)(=O)c1cccc(c1)NC(=O)c1cccc(c1)O2. The Hall–Kier alpha value is -4.44. The molecule has 0 radical (unpaired) electrons. The Morgan fingerprint density at radius 1 is 0.947 bits per heavy atom. The number of sulfonamides is 1. The molecule has 4 aromatic rings. The number of carbonyl (C=O) groups excluding carboxylic acids is 1. The molecule has 2 N–H and O–H groups in total. The molecule has 3 aromatic carbocycles. The molecule has 1 amide bonds. The highest BCUT2D eigenvalue weighted by atomic mass is 32.2. The highest BCUT2D eigenvalue weighted by molar-refractivity contribution is 7.92. The third kappa shape index (κ3) is 5.30. The van der Waals surface area contributed by atoms with E-state index in [-0.39, 0.29) is 22.8 Å². The topological polar surface area (TPSA) is 120 Å². The van der Waals surface area contributed by atoms with Crippen LogP contribution in [0.1, 0.15) is 36.7 Å². The molecular weight excluding hydrogens is 504 g/mol. The van der Waals surface area contributed by atoms with Gasteiger partial charge in [0.2, 0.25) is 11.8 Å². The van der Waals surface area contributed by atoms with E-state index in [0.29, 0.717) is 46.0 Å². The monoisotopic (exact) mass is 530 g/mol. The Morgan fingerprint density at radius 2 is 1.71 bits per heavy atom. The number of nitrogens with zero attached hydrogens (tertiary/aromatic N) is 2. The van der Waals surface area contributed by atoms with Crippen LogP contribution in [0.3, 0.4) is 0 Å². The average Bonchev–Trinajstić information content (AvgIpc) is 2.88. The Kier molecular flexibility index (Phi) is 6.73. The summed E-state index contributed by atoms with van der Waals surface area (Å²) in [6.07, 6.45) is 0.469. The minimum absolute atomic E-state index is 0.0265. The van der Waals surface area contributed by atoms with Gasteiger partial charge in [-0.3, -0.25) is 4.79 Å². The fraction of sp³-hybridized carbons (Fsp3) is 0.179. The summed E-state index contributed by atoms with van der Waals surface area (Å²) < 4.78 is 41.1. The second kappa shape index (κ2) is 10.1. The summed E-state index contributed by atoms with van der Waals surface area (Å²) in [7, 11) is -4.10. The molecule has 0 saturated heterocycles. The molecule has 194 valence electrons. The lowest BCUT2D eigenvalue weighted by molar-refractivity contribution is 0.102. The first kappa shape index (κ1) is 25.2. The van der Waals surface area contributed by atoms with E-state index < -0.39 is 15.9 Å². The molecule has 1 aromatic heterocycles. The average molecular weight is 531 g/mol. The summed E-state index contributed by atoms with van der Waals surface area (Å²) in [5.74, 6) is 0.643. The highest BCUT2D eigenvalue weighted by Crippen LogP contribution is 2.35. The number of hydrogen-bond donors (Lipinski definition) is 2. The van der Waals surface area contributed by atoms with Crippen LogP contribution in [0.25, 0.3) is 11.3 Å². The van der Waals surface area contributed by atoms with E-state index in [9.17, 15) is 13.2 Å². The van der Waals surface area contributed by atoms with E-state index in [4.69, 9.17) is 9.47 Å². The number of hydrogen-bond acceptors (Lipinski definition) is 7. The van der Waals surface area contributed by atoms with Gasteiger partial charge < -0.3 is 14.8 Å². The number of benzene rings is 3. The van der Waals surface area contributed by atoms with Gasteiger partial charge in [-0.25, -0.2) is 18.1 Å². The summed E-state index contributed by atoms with van der Waals surface area (Å²) >= 11 is 0. The van der Waals surface area contributed by atoms with Crippen LogP contribution in [0.2, 0.25) is 0 Å². The fourth-order valence-corrected chi connectivity index (χ4v) is 5.06. The molecule has 5 rings (SSSR count). The van der Waals surface area contributed by atoms with E-state index >= 15 is 0 Å². The van der Waals surface area contributed by atoms with Crippen molar-refractivity contribution in [2.45, 2.75) is 38.2 Å². The molecule has 0 fully saturated rings. The molecule has 0 saturated carbocycles. The van der Waals surface area contributed by atoms with E-state index in [1.807, 2.05) is 45.0 Å². The molecule has 1 aliphatic rings. The van der Waals surface area contributed by atoms with Gasteiger partial charge >= 0.3 is 0 Å². The van der Waals surface area contributed by atoms with Crippen LogP contribution in [0.4, 0.5) is 11.6 Å². The Bertz CT molecular complexity index is 1640. The smallest absolute Gasteiger partial charge is 0.264 e. The zero-order chi connectivity index (χ0) is 26.9. The second-order valence-electron chi connectivity index (χ2n) is 8.94. The first-order chi connectivity index (χ1) is 18.2. The molecule has 0 atom stereocenters. The third-order valence-electron chi connectivity index (χ3n) is 5.74. The number of anilines is 2. The third-order valence-corrected chi connectivity index (χ3v) is 7.07. The quantitative estimate of drug-likeness (QED) is 0.350. The van der Waals surface area contributed by atoms with Crippen molar-refractivity contribution in [2.24, 2.45) is 0 Å². The predicted octanol–water partition coefficient (Wildman–Crippen LogP) is 5.65. The molecule has 2 heterocycles. The molecular formula is C28H26N4O5S. The number of fused-ring (bicyclic) bond motifs is 6. The van der Waals surface area contributed by atoms with Gasteiger partial charge in [-0.05, 0) is 68.8 Å². The van der Waals surface area contributed by atoms with Crippen LogP contribution in [0.5, 0.6) is 17.4 Å². The molecule has 9 nitrogen and oxygen atoms in total. The molecule has 0 unspecified atom stereocenters. The molecule has 38 heavy (non-hydrogen) atoms. The van der Waals surface area contributed by atoms with E-state index in [2.05, 4.69) is 20.0 Å². The summed E-state index contributed by atoms with van der Waals surface area (Å²) in [6, 6.07) is 20.0. The minimum Gasteiger partial charge on any atom is -0.491 e. The standard InChI is InChI=1S/C28H26N4O5S/c1-4-24-25(18-8-5-11-21(14-18)36-17(2)3)30-28-31-27(24)37-22-12-6-9-19(15-22)26(33)29-20-10-7-13-23(16-20)38(34,35)32-28/h5-17H,4H2,1-3H3,(H,29,33)(H,30,31,32). The number of nitrogens with one attached hydrogen (secondary N) is 2. The molecule has 10 heteroatoms. The van der Waals surface area contributed by atoms with Crippen molar-refractivity contribution in [3.63, 3.8) is 0 Å². The van der Waals surface area contributed by atoms with E-state index in [0.717, 1.165) is 0 Å². The van der Waals surface area contributed by atoms with Crippen LogP contribution in [0, 0.1) is 0 Å². The van der Waals surface area contributed by atoms with E-state index in [1.54, 1.807) is 36.4 Å². The Labute approximate surface area is 220 Å². The first-order valence-electron chi connectivity index (χ1n) is 12.1. The van der Waals surface area contributed by atoms with Crippen LogP contribution in [-0.4, -0.2) is 30.4 Å². The van der Waals surface area contributed by atoms with Gasteiger partial charge in [0, 0.05) is 22.4 Å². The fourth-order valence-electron chi connectivity index (χ4n) is 4.08. The molecule has 0 spiro atoms. The van der Waals surface area contributed by atoms with Crippen molar-refractivity contribution in [1.82, 2.24) is 9.97 Å². The van der Waals surface area contributed by atoms with Gasteiger partial charge in [-0.1, -0.05) is 31.2 Å². The van der Waals surface area contributed by atoms with Crippen LogP contribution < -0.4 is 19.5 Å². The number of ether oxygens (including phenoxy) is 2. The maximum atomic E-state index is 13.3. The largest absolute Gasteiger partial charge is 0.491 e. The maximum absolute atomic E-state index is 13.3. The number of rotatable bonds is 4. The van der Waals surface area contributed by atoms with Gasteiger partial charge in [0.15, 0.2) is 0 Å². The summed E-state index contributed by atoms with van der Waals surface area (Å²) in [6.45, 7) is 5.80. The number of amides is 1. The zero-order valence-corrected chi connectivity index (χ0v) is 21.9. The zero-order valence-electron chi connectivity index (χ0n) is 21.1. The van der Waals surface area contributed by atoms with Crippen LogP contribution in [0.15, 0.2) is 77.7 Å². The molecule has 6 bridgehead atoms. The summed E-state index contributed by atoms with van der Waals surface area (Å²) in [5.41, 5.74) is 2.55. The van der Waals surface area contributed by atoms with Crippen molar-refractivity contribution in [3.05, 3.63) is 83.9 Å². The maximum Gasteiger partial charge on any atom is 0.264 e. The van der Waals surface area contributed by atoms with Crippen LogP contribution >= 0.6 is 0 Å². The van der Waals surface area contributed by atoms with Gasteiger partial charge in [0.25, 0.3) is 15.9 Å². The Balaban J connectivity index is 1.72. The van der Waals surface area contributed by atoms with E-state index in [1.165, 1.54) is 12.1 Å². The Morgan fingerprint density at radius 3 is 2.50 bits per heavy atom. The highest BCUT2D eigenvalue weighted by Gasteiger charge is 2.23. The number of aromatic nitrogens is 2. The van der Waals surface area contributed by atoms with Crippen molar-refractivity contribution >= 4 is 27.6 Å². The van der Waals surface area contributed by atoms with Gasteiger partial charge in [0.05, 0.1) is 16.7 Å². The lowest BCUT2D eigenvalue weighted by Crippen LogP contribution is -2.18. The minimum atomic E-state index is -4.10. The molecule has 0 aliphatic carbocycles. The van der Waals surface area contributed by atoms with Crippen LogP contribution in [-0.2, 0) is 16.4 Å².